The minimum Gasteiger partial charge on any atom is -0.497 e. The number of rotatable bonds is 8. The van der Waals surface area contributed by atoms with Crippen LogP contribution in [0.2, 0.25) is 0 Å². The van der Waals surface area contributed by atoms with Gasteiger partial charge in [0.2, 0.25) is 0 Å². The number of ether oxygens (including phenoxy) is 1. The van der Waals surface area contributed by atoms with E-state index in [0.717, 1.165) is 36.6 Å². The number of nitrogens with one attached hydrogen (secondary N) is 1. The maximum atomic E-state index is 5.21. The van der Waals surface area contributed by atoms with Crippen LogP contribution >= 0.6 is 11.3 Å². The standard InChI is InChI=1S/C17H24N2OS/c1-4-9-18-15(11-16-12-21-13(2)19-16)10-14-5-7-17(20-3)8-6-14/h5-8,12,15,18H,4,9-11H2,1-3H3. The van der Waals surface area contributed by atoms with Crippen LogP contribution in [0.1, 0.15) is 29.6 Å². The molecule has 3 nitrogen and oxygen atoms in total. The molecular formula is C17H24N2OS. The second kappa shape index (κ2) is 8.15. The molecule has 21 heavy (non-hydrogen) atoms. The fourth-order valence-corrected chi connectivity index (χ4v) is 2.99. The average molecular weight is 304 g/mol. The van der Waals surface area contributed by atoms with E-state index in [2.05, 4.69) is 41.7 Å². The lowest BCUT2D eigenvalue weighted by atomic mass is 10.0. The summed E-state index contributed by atoms with van der Waals surface area (Å²) in [7, 11) is 1.70. The molecule has 1 aromatic heterocycles. The molecule has 1 unspecified atom stereocenters. The SMILES string of the molecule is CCCNC(Cc1ccc(OC)cc1)Cc1csc(C)n1. The van der Waals surface area contributed by atoms with Crippen LogP contribution in [0.25, 0.3) is 0 Å². The van der Waals surface area contributed by atoms with Crippen molar-refractivity contribution in [2.45, 2.75) is 39.2 Å². The first-order valence-corrected chi connectivity index (χ1v) is 8.36. The van der Waals surface area contributed by atoms with Crippen molar-refractivity contribution in [2.75, 3.05) is 13.7 Å². The Morgan fingerprint density at radius 1 is 1.24 bits per heavy atom. The van der Waals surface area contributed by atoms with Crippen molar-refractivity contribution in [1.29, 1.82) is 0 Å². The number of methoxy groups -OCH3 is 1. The first kappa shape index (κ1) is 16.0. The van der Waals surface area contributed by atoms with Gasteiger partial charge in [0.25, 0.3) is 0 Å². The van der Waals surface area contributed by atoms with Gasteiger partial charge in [-0.1, -0.05) is 19.1 Å². The first-order valence-electron chi connectivity index (χ1n) is 7.48. The smallest absolute Gasteiger partial charge is 0.118 e. The molecular weight excluding hydrogens is 280 g/mol. The van der Waals surface area contributed by atoms with E-state index < -0.39 is 0 Å². The van der Waals surface area contributed by atoms with Gasteiger partial charge in [-0.3, -0.25) is 0 Å². The molecule has 1 N–H and O–H groups in total. The fourth-order valence-electron chi connectivity index (χ4n) is 2.37. The average Bonchev–Trinajstić information content (AvgIpc) is 2.90. The molecule has 1 aromatic carbocycles. The van der Waals surface area contributed by atoms with E-state index in [1.807, 2.05) is 12.1 Å². The molecule has 114 valence electrons. The molecule has 0 saturated carbocycles. The zero-order valence-corrected chi connectivity index (χ0v) is 13.9. The number of aromatic nitrogens is 1. The van der Waals surface area contributed by atoms with Crippen molar-refractivity contribution in [3.63, 3.8) is 0 Å². The lowest BCUT2D eigenvalue weighted by Gasteiger charge is -2.18. The molecule has 2 rings (SSSR count). The lowest BCUT2D eigenvalue weighted by Crippen LogP contribution is -2.33. The summed E-state index contributed by atoms with van der Waals surface area (Å²) in [6.45, 7) is 5.31. The molecule has 0 saturated heterocycles. The molecule has 0 amide bonds. The quantitative estimate of drug-likeness (QED) is 0.809. The minimum absolute atomic E-state index is 0.430. The van der Waals surface area contributed by atoms with Gasteiger partial charge in [0.1, 0.15) is 5.75 Å². The molecule has 0 fully saturated rings. The largest absolute Gasteiger partial charge is 0.497 e. The molecule has 1 heterocycles. The third kappa shape index (κ3) is 5.14. The van der Waals surface area contributed by atoms with Crippen molar-refractivity contribution >= 4 is 11.3 Å². The number of aryl methyl sites for hydroxylation is 1. The summed E-state index contributed by atoms with van der Waals surface area (Å²) in [4.78, 5) is 4.59. The van der Waals surface area contributed by atoms with Gasteiger partial charge >= 0.3 is 0 Å². The van der Waals surface area contributed by atoms with Gasteiger partial charge in [-0.25, -0.2) is 4.98 Å². The van der Waals surface area contributed by atoms with Crippen LogP contribution in [0.4, 0.5) is 0 Å². The number of thiazole rings is 1. The maximum Gasteiger partial charge on any atom is 0.118 e. The summed E-state index contributed by atoms with van der Waals surface area (Å²) in [5, 5.41) is 6.95. The first-order chi connectivity index (χ1) is 10.2. The van der Waals surface area contributed by atoms with Crippen LogP contribution in [-0.2, 0) is 12.8 Å². The van der Waals surface area contributed by atoms with E-state index in [1.165, 1.54) is 11.3 Å². The minimum atomic E-state index is 0.430. The molecule has 4 heteroatoms. The molecule has 2 aromatic rings. The van der Waals surface area contributed by atoms with Crippen LogP contribution in [-0.4, -0.2) is 24.7 Å². The Bertz CT molecular complexity index is 536. The third-order valence-corrected chi connectivity index (χ3v) is 4.27. The molecule has 1 atom stereocenters. The van der Waals surface area contributed by atoms with E-state index in [1.54, 1.807) is 18.4 Å². The Morgan fingerprint density at radius 2 is 2.00 bits per heavy atom. The Kier molecular flexibility index (Phi) is 6.21. The fraction of sp³-hybridized carbons (Fsp3) is 0.471. The zero-order valence-electron chi connectivity index (χ0n) is 13.1. The Labute approximate surface area is 131 Å². The normalized spacial score (nSPS) is 12.3. The summed E-state index contributed by atoms with van der Waals surface area (Å²) in [6.07, 6.45) is 3.14. The van der Waals surface area contributed by atoms with Crippen molar-refractivity contribution < 1.29 is 4.74 Å². The van der Waals surface area contributed by atoms with Crippen LogP contribution in [0.15, 0.2) is 29.6 Å². The lowest BCUT2D eigenvalue weighted by molar-refractivity contribution is 0.414. The molecule has 0 radical (unpaired) electrons. The molecule has 0 bridgehead atoms. The highest BCUT2D eigenvalue weighted by atomic mass is 32.1. The van der Waals surface area contributed by atoms with Gasteiger partial charge in [-0.15, -0.1) is 11.3 Å². The van der Waals surface area contributed by atoms with Gasteiger partial charge in [0, 0.05) is 17.8 Å². The molecule has 0 spiro atoms. The second-order valence-electron chi connectivity index (χ2n) is 5.27. The van der Waals surface area contributed by atoms with Gasteiger partial charge < -0.3 is 10.1 Å². The van der Waals surface area contributed by atoms with Crippen LogP contribution < -0.4 is 10.1 Å². The number of hydrogen-bond acceptors (Lipinski definition) is 4. The van der Waals surface area contributed by atoms with Crippen molar-refractivity contribution in [1.82, 2.24) is 10.3 Å². The van der Waals surface area contributed by atoms with E-state index in [0.29, 0.717) is 6.04 Å². The molecule has 0 aliphatic carbocycles. The van der Waals surface area contributed by atoms with E-state index in [-0.39, 0.29) is 0 Å². The number of hydrogen-bond donors (Lipinski definition) is 1. The number of benzene rings is 1. The van der Waals surface area contributed by atoms with Gasteiger partial charge in [-0.05, 0) is 44.0 Å². The van der Waals surface area contributed by atoms with Crippen LogP contribution in [0, 0.1) is 6.92 Å². The van der Waals surface area contributed by atoms with Gasteiger partial charge in [0.15, 0.2) is 0 Å². The summed E-state index contributed by atoms with van der Waals surface area (Å²) >= 11 is 1.73. The van der Waals surface area contributed by atoms with Gasteiger partial charge in [-0.2, -0.15) is 0 Å². The summed E-state index contributed by atoms with van der Waals surface area (Å²) in [5.41, 5.74) is 2.52. The summed E-state index contributed by atoms with van der Waals surface area (Å²) in [6, 6.07) is 8.77. The Morgan fingerprint density at radius 3 is 2.57 bits per heavy atom. The predicted octanol–water partition coefficient (Wildman–Crippen LogP) is 3.61. The zero-order chi connectivity index (χ0) is 15.1. The van der Waals surface area contributed by atoms with E-state index in [9.17, 15) is 0 Å². The van der Waals surface area contributed by atoms with Crippen molar-refractivity contribution in [3.8, 4) is 5.75 Å². The van der Waals surface area contributed by atoms with E-state index >= 15 is 0 Å². The topological polar surface area (TPSA) is 34.1 Å². The molecule has 0 aliphatic heterocycles. The van der Waals surface area contributed by atoms with Crippen molar-refractivity contribution in [2.24, 2.45) is 0 Å². The molecule has 0 aliphatic rings. The highest BCUT2D eigenvalue weighted by molar-refractivity contribution is 7.09. The highest BCUT2D eigenvalue weighted by Gasteiger charge is 2.12. The van der Waals surface area contributed by atoms with Crippen LogP contribution in [0.3, 0.4) is 0 Å². The summed E-state index contributed by atoms with van der Waals surface area (Å²) < 4.78 is 5.21. The Hall–Kier alpha value is -1.39. The summed E-state index contributed by atoms with van der Waals surface area (Å²) in [5.74, 6) is 0.909. The Balaban J connectivity index is 2.00. The third-order valence-electron chi connectivity index (χ3n) is 3.45. The highest BCUT2D eigenvalue weighted by Crippen LogP contribution is 2.15. The monoisotopic (exact) mass is 304 g/mol. The van der Waals surface area contributed by atoms with Gasteiger partial charge in [0.05, 0.1) is 17.8 Å². The second-order valence-corrected chi connectivity index (χ2v) is 6.33. The predicted molar refractivity (Wildman–Crippen MR) is 89.3 cm³/mol. The number of nitrogens with zero attached hydrogens (tertiary/aromatic N) is 1. The van der Waals surface area contributed by atoms with Crippen molar-refractivity contribution in [3.05, 3.63) is 45.9 Å². The van der Waals surface area contributed by atoms with E-state index in [4.69, 9.17) is 4.74 Å². The maximum absolute atomic E-state index is 5.21. The van der Waals surface area contributed by atoms with Crippen LogP contribution in [0.5, 0.6) is 5.75 Å².